The van der Waals surface area contributed by atoms with Crippen LogP contribution in [0, 0.1) is 0 Å². The van der Waals surface area contributed by atoms with Crippen LogP contribution in [-0.4, -0.2) is 5.78 Å². The van der Waals surface area contributed by atoms with Crippen LogP contribution in [0.2, 0.25) is 0 Å². The second-order valence-electron chi connectivity index (χ2n) is 4.93. The summed E-state index contributed by atoms with van der Waals surface area (Å²) in [7, 11) is 0. The molecule has 1 aliphatic carbocycles. The topological polar surface area (TPSA) is 17.1 Å². The van der Waals surface area contributed by atoms with Crippen LogP contribution < -0.4 is 0 Å². The van der Waals surface area contributed by atoms with Crippen molar-refractivity contribution in [3.8, 4) is 0 Å². The van der Waals surface area contributed by atoms with E-state index in [0.29, 0.717) is 12.3 Å². The highest BCUT2D eigenvalue weighted by Gasteiger charge is 2.21. The van der Waals surface area contributed by atoms with Gasteiger partial charge in [0.25, 0.3) is 0 Å². The van der Waals surface area contributed by atoms with Crippen LogP contribution in [-0.2, 0) is 6.42 Å². The first-order valence-electron chi connectivity index (χ1n) is 6.47. The van der Waals surface area contributed by atoms with Gasteiger partial charge in [-0.1, -0.05) is 55.5 Å². The molecule has 0 saturated carbocycles. The number of ketones is 1. The van der Waals surface area contributed by atoms with Gasteiger partial charge < -0.3 is 0 Å². The summed E-state index contributed by atoms with van der Waals surface area (Å²) in [4.78, 5) is 12.2. The van der Waals surface area contributed by atoms with E-state index < -0.39 is 0 Å². The second kappa shape index (κ2) is 4.41. The summed E-state index contributed by atoms with van der Waals surface area (Å²) in [5.41, 5.74) is 4.74. The Bertz CT molecular complexity index is 598. The average molecular weight is 236 g/mol. The van der Waals surface area contributed by atoms with Crippen molar-refractivity contribution in [2.24, 2.45) is 0 Å². The predicted molar refractivity (Wildman–Crippen MR) is 73.1 cm³/mol. The zero-order chi connectivity index (χ0) is 12.5. The Kier molecular flexibility index (Phi) is 2.75. The lowest BCUT2D eigenvalue weighted by Crippen LogP contribution is -2.13. The molecule has 0 heterocycles. The minimum absolute atomic E-state index is 0.270. The fourth-order valence-corrected chi connectivity index (χ4v) is 2.86. The van der Waals surface area contributed by atoms with Gasteiger partial charge in [-0.3, -0.25) is 4.79 Å². The minimum Gasteiger partial charge on any atom is -0.294 e. The van der Waals surface area contributed by atoms with E-state index in [0.717, 1.165) is 17.5 Å². The van der Waals surface area contributed by atoms with E-state index in [1.807, 2.05) is 18.2 Å². The Morgan fingerprint density at radius 3 is 2.39 bits per heavy atom. The summed E-state index contributed by atoms with van der Waals surface area (Å²) in [6, 6.07) is 16.5. The molecule has 1 nitrogen and oxygen atoms in total. The lowest BCUT2D eigenvalue weighted by molar-refractivity contribution is 0.0981. The van der Waals surface area contributed by atoms with E-state index >= 15 is 0 Å². The number of fused-ring (bicyclic) bond motifs is 2. The number of hydrogen-bond donors (Lipinski definition) is 0. The first-order chi connectivity index (χ1) is 8.77. The van der Waals surface area contributed by atoms with Crippen LogP contribution in [0.25, 0.3) is 0 Å². The van der Waals surface area contributed by atoms with Gasteiger partial charge in [0, 0.05) is 17.9 Å². The third-order valence-electron chi connectivity index (χ3n) is 3.87. The summed E-state index contributed by atoms with van der Waals surface area (Å²) >= 11 is 0. The molecule has 0 amide bonds. The molecule has 0 aliphatic heterocycles. The molecule has 0 N–H and O–H groups in total. The van der Waals surface area contributed by atoms with E-state index in [1.165, 1.54) is 11.1 Å². The third kappa shape index (κ3) is 1.76. The zero-order valence-corrected chi connectivity index (χ0v) is 10.5. The van der Waals surface area contributed by atoms with Crippen molar-refractivity contribution >= 4 is 5.78 Å². The van der Waals surface area contributed by atoms with Crippen LogP contribution >= 0.6 is 0 Å². The number of carbonyl (C=O) groups is 1. The summed E-state index contributed by atoms with van der Waals surface area (Å²) < 4.78 is 0. The molecule has 1 heteroatoms. The van der Waals surface area contributed by atoms with E-state index in [-0.39, 0.29) is 5.78 Å². The highest BCUT2D eigenvalue weighted by Crippen LogP contribution is 2.32. The van der Waals surface area contributed by atoms with E-state index in [1.54, 1.807) is 0 Å². The minimum atomic E-state index is 0.270. The van der Waals surface area contributed by atoms with E-state index in [4.69, 9.17) is 0 Å². The van der Waals surface area contributed by atoms with Crippen LogP contribution in [0.3, 0.4) is 0 Å². The van der Waals surface area contributed by atoms with Gasteiger partial charge in [0.05, 0.1) is 0 Å². The van der Waals surface area contributed by atoms with Crippen molar-refractivity contribution in [3.05, 3.63) is 70.8 Å². The van der Waals surface area contributed by atoms with Crippen LogP contribution in [0.15, 0.2) is 48.5 Å². The quantitative estimate of drug-likeness (QED) is 0.676. The molecule has 18 heavy (non-hydrogen) atoms. The number of Topliss-reactive ketones (excluding diaryl/α,β-unsaturated/α-hetero) is 1. The van der Waals surface area contributed by atoms with Gasteiger partial charge in [-0.05, 0) is 23.1 Å². The molecule has 0 bridgehead atoms. The normalized spacial score (nSPS) is 18.5. The number of rotatable bonds is 0. The molecule has 90 valence electrons. The molecule has 3 rings (SSSR count). The van der Waals surface area contributed by atoms with Crippen molar-refractivity contribution in [1.82, 2.24) is 0 Å². The molecule has 0 saturated heterocycles. The molecule has 1 unspecified atom stereocenters. The van der Waals surface area contributed by atoms with Crippen molar-refractivity contribution in [2.75, 3.05) is 0 Å². The maximum atomic E-state index is 12.2. The maximum Gasteiger partial charge on any atom is 0.163 e. The summed E-state index contributed by atoms with van der Waals surface area (Å²) in [6.45, 7) is 2.19. The SMILES string of the molecule is CC1c2ccccc2CCC(=O)c2ccccc21. The standard InChI is InChI=1S/C17H16O/c1-12-14-7-3-2-6-13(14)10-11-17(18)16-9-5-4-8-15(12)16/h2-9,12H,10-11H2,1H3. The predicted octanol–water partition coefficient (Wildman–Crippen LogP) is 3.97. The Morgan fingerprint density at radius 1 is 0.889 bits per heavy atom. The molecule has 1 aliphatic rings. The molecule has 0 aromatic heterocycles. The first kappa shape index (κ1) is 11.2. The Hall–Kier alpha value is -1.89. The molecular formula is C17H16O. The van der Waals surface area contributed by atoms with Gasteiger partial charge in [-0.2, -0.15) is 0 Å². The first-order valence-corrected chi connectivity index (χ1v) is 6.47. The summed E-state index contributed by atoms with van der Waals surface area (Å²) in [5, 5.41) is 0. The van der Waals surface area contributed by atoms with E-state index in [9.17, 15) is 4.79 Å². The van der Waals surface area contributed by atoms with Crippen LogP contribution in [0.1, 0.15) is 46.3 Å². The van der Waals surface area contributed by atoms with Crippen molar-refractivity contribution < 1.29 is 4.79 Å². The van der Waals surface area contributed by atoms with E-state index in [2.05, 4.69) is 37.3 Å². The second-order valence-corrected chi connectivity index (χ2v) is 4.93. The highest BCUT2D eigenvalue weighted by molar-refractivity contribution is 5.98. The summed E-state index contributed by atoms with van der Waals surface area (Å²) in [5.74, 6) is 0.564. The third-order valence-corrected chi connectivity index (χ3v) is 3.87. The number of benzene rings is 2. The molecule has 0 fully saturated rings. The molecule has 1 atom stereocenters. The van der Waals surface area contributed by atoms with Crippen LogP contribution in [0.4, 0.5) is 0 Å². The van der Waals surface area contributed by atoms with Crippen LogP contribution in [0.5, 0.6) is 0 Å². The fourth-order valence-electron chi connectivity index (χ4n) is 2.86. The van der Waals surface area contributed by atoms with Gasteiger partial charge in [-0.15, -0.1) is 0 Å². The lowest BCUT2D eigenvalue weighted by atomic mass is 9.81. The Labute approximate surface area is 107 Å². The lowest BCUT2D eigenvalue weighted by Gasteiger charge is -2.22. The number of aryl methyl sites for hydroxylation is 1. The Balaban J connectivity index is 2.20. The largest absolute Gasteiger partial charge is 0.294 e. The zero-order valence-electron chi connectivity index (χ0n) is 10.5. The molecule has 0 spiro atoms. The molecule has 2 aromatic carbocycles. The van der Waals surface area contributed by atoms with Crippen molar-refractivity contribution in [2.45, 2.75) is 25.7 Å². The fraction of sp³-hybridized carbons (Fsp3) is 0.235. The van der Waals surface area contributed by atoms with Gasteiger partial charge in [-0.25, -0.2) is 0 Å². The van der Waals surface area contributed by atoms with Crippen molar-refractivity contribution in [1.29, 1.82) is 0 Å². The Morgan fingerprint density at radius 2 is 1.56 bits per heavy atom. The molecule has 2 aromatic rings. The average Bonchev–Trinajstić information content (AvgIpc) is 2.43. The smallest absolute Gasteiger partial charge is 0.163 e. The highest BCUT2D eigenvalue weighted by atomic mass is 16.1. The number of carbonyl (C=O) groups excluding carboxylic acids is 1. The molecular weight excluding hydrogens is 220 g/mol. The van der Waals surface area contributed by atoms with Gasteiger partial charge in [0.2, 0.25) is 0 Å². The van der Waals surface area contributed by atoms with Gasteiger partial charge in [0.1, 0.15) is 0 Å². The number of hydrogen-bond acceptors (Lipinski definition) is 1. The van der Waals surface area contributed by atoms with Gasteiger partial charge >= 0.3 is 0 Å². The maximum absolute atomic E-state index is 12.2. The molecule has 0 radical (unpaired) electrons. The summed E-state index contributed by atoms with van der Waals surface area (Å²) in [6.07, 6.45) is 1.47. The van der Waals surface area contributed by atoms with Gasteiger partial charge in [0.15, 0.2) is 5.78 Å². The monoisotopic (exact) mass is 236 g/mol. The van der Waals surface area contributed by atoms with Crippen molar-refractivity contribution in [3.63, 3.8) is 0 Å².